The number of benzene rings is 1. The molecule has 3 aromatic heterocycles. The molecule has 0 saturated heterocycles. The van der Waals surface area contributed by atoms with Gasteiger partial charge in [-0.1, -0.05) is 19.3 Å². The van der Waals surface area contributed by atoms with E-state index in [4.69, 9.17) is 9.26 Å². The first-order valence-corrected chi connectivity index (χ1v) is 9.45. The van der Waals surface area contributed by atoms with E-state index in [1.54, 1.807) is 6.20 Å². The minimum Gasteiger partial charge on any atom is -0.475 e. The van der Waals surface area contributed by atoms with Crippen LogP contribution in [0, 0.1) is 5.92 Å². The van der Waals surface area contributed by atoms with Crippen LogP contribution < -0.4 is 10.1 Å². The lowest BCUT2D eigenvalue weighted by molar-refractivity contribution is 0.197. The number of rotatable bonds is 5. The second-order valence-electron chi connectivity index (χ2n) is 7.11. The number of aromatic nitrogens is 4. The average Bonchev–Trinajstić information content (AvgIpc) is 3.31. The molecule has 138 valence electrons. The first kappa shape index (κ1) is 16.1. The van der Waals surface area contributed by atoms with Crippen LogP contribution in [0.1, 0.15) is 32.1 Å². The zero-order chi connectivity index (χ0) is 18.1. The van der Waals surface area contributed by atoms with Crippen LogP contribution in [0.5, 0.6) is 5.88 Å². The quantitative estimate of drug-likeness (QED) is 0.529. The van der Waals surface area contributed by atoms with Gasteiger partial charge in [0.1, 0.15) is 5.52 Å². The average molecular weight is 363 g/mol. The highest BCUT2D eigenvalue weighted by Gasteiger charge is 2.17. The molecule has 0 atom stereocenters. The molecule has 7 heteroatoms. The summed E-state index contributed by atoms with van der Waals surface area (Å²) in [7, 11) is 0. The maximum absolute atomic E-state index is 5.95. The Morgan fingerprint density at radius 1 is 1.19 bits per heavy atom. The van der Waals surface area contributed by atoms with E-state index >= 15 is 0 Å². The van der Waals surface area contributed by atoms with E-state index in [0.717, 1.165) is 22.1 Å². The van der Waals surface area contributed by atoms with Gasteiger partial charge < -0.3 is 14.6 Å². The van der Waals surface area contributed by atoms with E-state index in [-0.39, 0.29) is 0 Å². The van der Waals surface area contributed by atoms with Crippen LogP contribution in [0.15, 0.2) is 41.1 Å². The fourth-order valence-corrected chi connectivity index (χ4v) is 3.72. The molecule has 1 saturated carbocycles. The Bertz CT molecular complexity index is 1060. The Balaban J connectivity index is 1.33. The van der Waals surface area contributed by atoms with E-state index in [9.17, 15) is 0 Å². The van der Waals surface area contributed by atoms with Gasteiger partial charge in [0.05, 0.1) is 17.5 Å². The van der Waals surface area contributed by atoms with Crippen molar-refractivity contribution in [2.45, 2.75) is 32.1 Å². The fourth-order valence-electron chi connectivity index (χ4n) is 3.72. The Hall–Kier alpha value is -3.09. The SMILES string of the molecule is c1cnc2c(Nc3ccc4c(OCC5CCCCC5)noc4c3)n[nH]c2c1. The molecule has 0 aliphatic heterocycles. The van der Waals surface area contributed by atoms with Crippen LogP contribution in [-0.4, -0.2) is 26.9 Å². The van der Waals surface area contributed by atoms with Gasteiger partial charge in [-0.15, -0.1) is 0 Å². The van der Waals surface area contributed by atoms with E-state index in [2.05, 4.69) is 25.7 Å². The number of ether oxygens (including phenoxy) is 1. The van der Waals surface area contributed by atoms with E-state index < -0.39 is 0 Å². The highest BCUT2D eigenvalue weighted by atomic mass is 16.5. The van der Waals surface area contributed by atoms with E-state index in [1.807, 2.05) is 30.3 Å². The second kappa shape index (κ2) is 6.90. The van der Waals surface area contributed by atoms with Crippen molar-refractivity contribution in [1.82, 2.24) is 20.3 Å². The first-order chi connectivity index (χ1) is 13.4. The number of anilines is 2. The largest absolute Gasteiger partial charge is 0.475 e. The van der Waals surface area contributed by atoms with Crippen molar-refractivity contribution < 1.29 is 9.26 Å². The van der Waals surface area contributed by atoms with Gasteiger partial charge >= 0.3 is 0 Å². The second-order valence-corrected chi connectivity index (χ2v) is 7.11. The zero-order valence-electron chi connectivity index (χ0n) is 14.9. The molecule has 1 aliphatic rings. The van der Waals surface area contributed by atoms with Crippen LogP contribution >= 0.6 is 0 Å². The van der Waals surface area contributed by atoms with Crippen LogP contribution in [0.25, 0.3) is 22.0 Å². The van der Waals surface area contributed by atoms with Gasteiger partial charge in [0.2, 0.25) is 0 Å². The molecule has 0 amide bonds. The number of fused-ring (bicyclic) bond motifs is 2. The lowest BCUT2D eigenvalue weighted by atomic mass is 9.90. The molecule has 0 radical (unpaired) electrons. The van der Waals surface area contributed by atoms with Crippen molar-refractivity contribution in [1.29, 1.82) is 0 Å². The molecule has 27 heavy (non-hydrogen) atoms. The molecule has 2 N–H and O–H groups in total. The Morgan fingerprint density at radius 3 is 3.04 bits per heavy atom. The number of nitrogens with one attached hydrogen (secondary N) is 2. The van der Waals surface area contributed by atoms with Crippen molar-refractivity contribution in [3.05, 3.63) is 36.5 Å². The Kier molecular flexibility index (Phi) is 4.12. The molecule has 4 aromatic rings. The third-order valence-electron chi connectivity index (χ3n) is 5.20. The molecule has 7 nitrogen and oxygen atoms in total. The standard InChI is InChI=1S/C20H21N5O2/c1-2-5-13(6-3-1)12-26-20-15-9-8-14(11-17(15)27-25-20)22-19-18-16(23-24-19)7-4-10-21-18/h4,7-11,13H,1-3,5-6,12H2,(H2,22,23,24). The first-order valence-electron chi connectivity index (χ1n) is 9.45. The van der Waals surface area contributed by atoms with E-state index in [1.165, 1.54) is 32.1 Å². The molecule has 1 fully saturated rings. The number of H-pyrrole nitrogens is 1. The summed E-state index contributed by atoms with van der Waals surface area (Å²) >= 11 is 0. The van der Waals surface area contributed by atoms with Gasteiger partial charge in [-0.05, 0) is 48.2 Å². The molecule has 0 spiro atoms. The van der Waals surface area contributed by atoms with Crippen molar-refractivity contribution in [2.75, 3.05) is 11.9 Å². The summed E-state index contributed by atoms with van der Waals surface area (Å²) in [5, 5.41) is 15.5. The summed E-state index contributed by atoms with van der Waals surface area (Å²) < 4.78 is 11.4. The molecule has 0 unspecified atom stereocenters. The minimum atomic E-state index is 0.578. The van der Waals surface area contributed by atoms with Crippen molar-refractivity contribution in [3.63, 3.8) is 0 Å². The lowest BCUT2D eigenvalue weighted by Gasteiger charge is -2.20. The molecule has 3 heterocycles. The summed E-state index contributed by atoms with van der Waals surface area (Å²) in [5.74, 6) is 1.89. The highest BCUT2D eigenvalue weighted by Crippen LogP contribution is 2.31. The molecular formula is C20H21N5O2. The van der Waals surface area contributed by atoms with Gasteiger partial charge in [0.25, 0.3) is 5.88 Å². The number of hydrogen-bond donors (Lipinski definition) is 2. The zero-order valence-corrected chi connectivity index (χ0v) is 14.9. The maximum atomic E-state index is 5.95. The van der Waals surface area contributed by atoms with Gasteiger partial charge in [-0.25, -0.2) is 0 Å². The molecule has 5 rings (SSSR count). The number of pyridine rings is 1. The molecule has 0 bridgehead atoms. The smallest absolute Gasteiger partial charge is 0.262 e. The lowest BCUT2D eigenvalue weighted by Crippen LogP contribution is -2.15. The van der Waals surface area contributed by atoms with Gasteiger partial charge in [-0.2, -0.15) is 5.10 Å². The predicted octanol–water partition coefficient (Wildman–Crippen LogP) is 4.80. The Labute approximate surface area is 156 Å². The van der Waals surface area contributed by atoms with Gasteiger partial charge in [-0.3, -0.25) is 10.1 Å². The summed E-state index contributed by atoms with van der Waals surface area (Å²) in [6.45, 7) is 0.715. The van der Waals surface area contributed by atoms with E-state index in [0.29, 0.717) is 29.8 Å². The fraction of sp³-hybridized carbons (Fsp3) is 0.350. The summed E-state index contributed by atoms with van der Waals surface area (Å²) in [4.78, 5) is 4.36. The third kappa shape index (κ3) is 3.20. The van der Waals surface area contributed by atoms with Crippen molar-refractivity contribution in [2.24, 2.45) is 5.92 Å². The maximum Gasteiger partial charge on any atom is 0.262 e. The van der Waals surface area contributed by atoms with Crippen LogP contribution in [0.3, 0.4) is 0 Å². The van der Waals surface area contributed by atoms with Crippen LogP contribution in [0.2, 0.25) is 0 Å². The molecule has 1 aromatic carbocycles. The third-order valence-corrected chi connectivity index (χ3v) is 5.20. The number of aromatic amines is 1. The van der Waals surface area contributed by atoms with Crippen molar-refractivity contribution in [3.8, 4) is 5.88 Å². The summed E-state index contributed by atoms with van der Waals surface area (Å²) in [6.07, 6.45) is 8.20. The van der Waals surface area contributed by atoms with Crippen LogP contribution in [-0.2, 0) is 0 Å². The normalized spacial score (nSPS) is 15.4. The minimum absolute atomic E-state index is 0.578. The monoisotopic (exact) mass is 363 g/mol. The number of hydrogen-bond acceptors (Lipinski definition) is 6. The highest BCUT2D eigenvalue weighted by molar-refractivity contribution is 5.90. The molecular weight excluding hydrogens is 342 g/mol. The van der Waals surface area contributed by atoms with Gasteiger partial charge in [0, 0.05) is 18.0 Å². The summed E-state index contributed by atoms with van der Waals surface area (Å²) in [6, 6.07) is 9.65. The molecule has 1 aliphatic carbocycles. The summed E-state index contributed by atoms with van der Waals surface area (Å²) in [5.41, 5.74) is 3.23. The van der Waals surface area contributed by atoms with Gasteiger partial charge in [0.15, 0.2) is 11.4 Å². The van der Waals surface area contributed by atoms with Crippen molar-refractivity contribution >= 4 is 33.5 Å². The van der Waals surface area contributed by atoms with Crippen LogP contribution in [0.4, 0.5) is 11.5 Å². The topological polar surface area (TPSA) is 88.9 Å². The Morgan fingerprint density at radius 2 is 2.11 bits per heavy atom. The predicted molar refractivity (Wildman–Crippen MR) is 103 cm³/mol. The number of nitrogens with zero attached hydrogens (tertiary/aromatic N) is 3.